The van der Waals surface area contributed by atoms with Gasteiger partial charge in [0.2, 0.25) is 10.0 Å². The molecule has 0 saturated carbocycles. The van der Waals surface area contributed by atoms with Crippen LogP contribution in [0.15, 0.2) is 16.6 Å². The Bertz CT molecular complexity index is 533. The number of halogens is 3. The molecule has 0 bridgehead atoms. The molecule has 1 saturated heterocycles. The molecule has 7 heteroatoms. The van der Waals surface area contributed by atoms with Crippen molar-refractivity contribution in [3.63, 3.8) is 0 Å². The smallest absolute Gasteiger partial charge is 0.235 e. The van der Waals surface area contributed by atoms with Gasteiger partial charge in [0, 0.05) is 12.6 Å². The molecule has 16 heavy (non-hydrogen) atoms. The lowest BCUT2D eigenvalue weighted by atomic mass is 10.3. The monoisotopic (exact) mass is 311 g/mol. The van der Waals surface area contributed by atoms with Gasteiger partial charge in [-0.25, -0.2) is 17.2 Å². The van der Waals surface area contributed by atoms with Crippen molar-refractivity contribution in [3.8, 4) is 0 Å². The van der Waals surface area contributed by atoms with Crippen molar-refractivity contribution in [2.24, 2.45) is 0 Å². The van der Waals surface area contributed by atoms with Gasteiger partial charge in [-0.15, -0.1) is 0 Å². The second-order valence-electron chi connectivity index (χ2n) is 3.46. The maximum Gasteiger partial charge on any atom is 0.235 e. The Hall–Kier alpha value is -0.690. The van der Waals surface area contributed by atoms with Crippen LogP contribution in [-0.2, 0) is 10.0 Å². The number of sulfonamides is 1. The first-order valence-corrected chi connectivity index (χ1v) is 6.97. The molecule has 1 aromatic rings. The van der Waals surface area contributed by atoms with E-state index in [9.17, 15) is 17.2 Å². The fourth-order valence-electron chi connectivity index (χ4n) is 1.61. The highest BCUT2D eigenvalue weighted by Crippen LogP contribution is 2.30. The minimum absolute atomic E-state index is 0.0228. The molecule has 1 aliphatic rings. The van der Waals surface area contributed by atoms with Crippen LogP contribution >= 0.6 is 15.9 Å². The summed E-state index contributed by atoms with van der Waals surface area (Å²) < 4.78 is 50.7. The van der Waals surface area contributed by atoms with Crippen molar-refractivity contribution < 1.29 is 17.2 Å². The van der Waals surface area contributed by atoms with Crippen LogP contribution in [0.5, 0.6) is 0 Å². The Morgan fingerprint density at radius 3 is 2.50 bits per heavy atom. The fraction of sp³-hybridized carbons (Fsp3) is 0.333. The largest absolute Gasteiger partial charge is 0.267 e. The van der Waals surface area contributed by atoms with Gasteiger partial charge < -0.3 is 0 Å². The lowest BCUT2D eigenvalue weighted by Gasteiger charge is -2.17. The number of nitrogens with zero attached hydrogens (tertiary/aromatic N) is 1. The van der Waals surface area contributed by atoms with Crippen LogP contribution in [0.4, 0.5) is 14.5 Å². The van der Waals surface area contributed by atoms with E-state index in [2.05, 4.69) is 15.9 Å². The molecular weight excluding hydrogens is 304 g/mol. The van der Waals surface area contributed by atoms with E-state index >= 15 is 0 Å². The fourth-order valence-corrected chi connectivity index (χ4v) is 3.49. The van der Waals surface area contributed by atoms with Crippen LogP contribution in [-0.4, -0.2) is 20.7 Å². The number of hydrogen-bond acceptors (Lipinski definition) is 2. The molecule has 1 fully saturated rings. The molecule has 1 aliphatic heterocycles. The molecule has 1 aromatic carbocycles. The van der Waals surface area contributed by atoms with E-state index in [1.165, 1.54) is 0 Å². The summed E-state index contributed by atoms with van der Waals surface area (Å²) in [7, 11) is -3.48. The van der Waals surface area contributed by atoms with Crippen molar-refractivity contribution in [2.45, 2.75) is 6.42 Å². The van der Waals surface area contributed by atoms with Gasteiger partial charge in [-0.3, -0.25) is 4.31 Å². The zero-order valence-electron chi connectivity index (χ0n) is 8.08. The zero-order chi connectivity index (χ0) is 11.9. The third-order valence-electron chi connectivity index (χ3n) is 2.36. The third-order valence-corrected chi connectivity index (χ3v) is 4.82. The number of rotatable bonds is 1. The second-order valence-corrected chi connectivity index (χ2v) is 6.33. The summed E-state index contributed by atoms with van der Waals surface area (Å²) >= 11 is 2.83. The molecule has 0 atom stereocenters. The summed E-state index contributed by atoms with van der Waals surface area (Å²) in [4.78, 5) is 0. The normalized spacial score (nSPS) is 19.1. The van der Waals surface area contributed by atoms with Gasteiger partial charge in [0.05, 0.1) is 15.9 Å². The van der Waals surface area contributed by atoms with E-state index in [0.29, 0.717) is 6.42 Å². The van der Waals surface area contributed by atoms with E-state index in [4.69, 9.17) is 0 Å². The van der Waals surface area contributed by atoms with E-state index < -0.39 is 21.7 Å². The first kappa shape index (κ1) is 11.8. The van der Waals surface area contributed by atoms with Crippen molar-refractivity contribution in [3.05, 3.63) is 28.2 Å². The molecule has 0 N–H and O–H groups in total. The van der Waals surface area contributed by atoms with Gasteiger partial charge in [-0.2, -0.15) is 0 Å². The van der Waals surface area contributed by atoms with Gasteiger partial charge in [-0.1, -0.05) is 0 Å². The maximum absolute atomic E-state index is 13.5. The zero-order valence-corrected chi connectivity index (χ0v) is 10.5. The molecule has 0 unspecified atom stereocenters. The van der Waals surface area contributed by atoms with Gasteiger partial charge in [-0.05, 0) is 28.4 Å². The van der Waals surface area contributed by atoms with E-state index in [1.54, 1.807) is 0 Å². The van der Waals surface area contributed by atoms with Gasteiger partial charge in [0.1, 0.15) is 11.6 Å². The molecule has 0 radical (unpaired) electrons. The van der Waals surface area contributed by atoms with Crippen LogP contribution in [0, 0.1) is 11.6 Å². The van der Waals surface area contributed by atoms with E-state index in [0.717, 1.165) is 16.4 Å². The van der Waals surface area contributed by atoms with Crippen molar-refractivity contribution in [1.29, 1.82) is 0 Å². The molecular formula is C9H8BrF2NO2S. The third kappa shape index (κ3) is 1.93. The molecule has 88 valence electrons. The van der Waals surface area contributed by atoms with Crippen molar-refractivity contribution in [2.75, 3.05) is 16.6 Å². The Morgan fingerprint density at radius 1 is 1.25 bits per heavy atom. The summed E-state index contributed by atoms with van der Waals surface area (Å²) in [6.07, 6.45) is 0.430. The summed E-state index contributed by atoms with van der Waals surface area (Å²) in [6.45, 7) is 0.195. The van der Waals surface area contributed by atoms with Crippen LogP contribution in [0.1, 0.15) is 6.42 Å². The maximum atomic E-state index is 13.5. The highest BCUT2D eigenvalue weighted by Gasteiger charge is 2.30. The van der Waals surface area contributed by atoms with Gasteiger partial charge in [0.15, 0.2) is 0 Å². The predicted molar refractivity (Wildman–Crippen MR) is 59.8 cm³/mol. The Labute approximate surface area is 100 Å². The molecule has 0 amide bonds. The standard InChI is InChI=1S/C9H8BrF2NO2S/c10-6-4-8(12)9(5-7(6)11)13-2-1-3-16(13,14)15/h4-5H,1-3H2. The summed E-state index contributed by atoms with van der Waals surface area (Å²) in [5, 5.41) is 0. The Morgan fingerprint density at radius 2 is 1.94 bits per heavy atom. The first-order chi connectivity index (χ1) is 7.42. The van der Waals surface area contributed by atoms with E-state index in [-0.39, 0.29) is 22.5 Å². The Kier molecular flexibility index (Phi) is 2.91. The van der Waals surface area contributed by atoms with Crippen LogP contribution in [0.3, 0.4) is 0 Å². The van der Waals surface area contributed by atoms with Crippen LogP contribution in [0.2, 0.25) is 0 Å². The Balaban J connectivity index is 2.53. The molecule has 0 aromatic heterocycles. The summed E-state index contributed by atoms with van der Waals surface area (Å²) in [5.74, 6) is -1.46. The van der Waals surface area contributed by atoms with E-state index in [1.807, 2.05) is 0 Å². The van der Waals surface area contributed by atoms with Gasteiger partial charge in [0.25, 0.3) is 0 Å². The number of benzene rings is 1. The highest BCUT2D eigenvalue weighted by atomic mass is 79.9. The lowest BCUT2D eigenvalue weighted by molar-refractivity contribution is 0.586. The second kappa shape index (κ2) is 3.96. The lowest BCUT2D eigenvalue weighted by Crippen LogP contribution is -2.26. The van der Waals surface area contributed by atoms with Crippen LogP contribution in [0.25, 0.3) is 0 Å². The first-order valence-electron chi connectivity index (χ1n) is 4.57. The molecule has 2 rings (SSSR count). The van der Waals surface area contributed by atoms with Crippen molar-refractivity contribution in [1.82, 2.24) is 0 Å². The van der Waals surface area contributed by atoms with Crippen molar-refractivity contribution >= 4 is 31.6 Å². The average molecular weight is 312 g/mol. The SMILES string of the molecule is O=S1(=O)CCCN1c1cc(F)c(Br)cc1F. The predicted octanol–water partition coefficient (Wildman–Crippen LogP) is 2.27. The van der Waals surface area contributed by atoms with Gasteiger partial charge >= 0.3 is 0 Å². The molecule has 1 heterocycles. The topological polar surface area (TPSA) is 37.4 Å². The number of anilines is 1. The molecule has 3 nitrogen and oxygen atoms in total. The number of hydrogen-bond donors (Lipinski definition) is 0. The highest BCUT2D eigenvalue weighted by molar-refractivity contribution is 9.10. The minimum Gasteiger partial charge on any atom is -0.267 e. The summed E-state index contributed by atoms with van der Waals surface area (Å²) in [5.41, 5.74) is -0.224. The minimum atomic E-state index is -3.48. The molecule has 0 spiro atoms. The average Bonchev–Trinajstić information content (AvgIpc) is 2.52. The quantitative estimate of drug-likeness (QED) is 0.746. The molecule has 0 aliphatic carbocycles. The van der Waals surface area contributed by atoms with Crippen LogP contribution < -0.4 is 4.31 Å². The summed E-state index contributed by atoms with van der Waals surface area (Å²) in [6, 6.07) is 1.82.